The predicted molar refractivity (Wildman–Crippen MR) is 174 cm³/mol. The molecule has 0 radical (unpaired) electrons. The summed E-state index contributed by atoms with van der Waals surface area (Å²) in [5, 5.41) is 3.13. The Kier molecular flexibility index (Phi) is 9.86. The molecule has 0 unspecified atom stereocenters. The Hall–Kier alpha value is -3.55. The molecule has 3 aromatic rings. The van der Waals surface area contributed by atoms with Crippen molar-refractivity contribution in [3.63, 3.8) is 0 Å². The highest BCUT2D eigenvalue weighted by molar-refractivity contribution is 6.33. The number of H-pyrrole nitrogens is 1. The van der Waals surface area contributed by atoms with Crippen LogP contribution in [0.4, 0.5) is 18.9 Å². The molecule has 0 spiro atoms. The maximum atomic E-state index is 14.0. The number of rotatable bonds is 7. The third-order valence-electron chi connectivity index (χ3n) is 10.0. The van der Waals surface area contributed by atoms with Crippen LogP contribution in [-0.2, 0) is 22.2 Å². The molecule has 4 heterocycles. The fourth-order valence-corrected chi connectivity index (χ4v) is 7.69. The monoisotopic (exact) mass is 675 g/mol. The summed E-state index contributed by atoms with van der Waals surface area (Å²) in [6, 6.07) is 10.1. The van der Waals surface area contributed by atoms with Gasteiger partial charge in [-0.15, -0.1) is 0 Å². The number of halogens is 4. The van der Waals surface area contributed by atoms with Gasteiger partial charge in [-0.2, -0.15) is 13.2 Å². The number of nitrogen functional groups attached to an aromatic ring is 1. The highest BCUT2D eigenvalue weighted by atomic mass is 35.5. The maximum absolute atomic E-state index is 14.0. The summed E-state index contributed by atoms with van der Waals surface area (Å²) in [5.74, 6) is -1.35. The molecule has 2 aromatic carbocycles. The minimum absolute atomic E-state index is 0.0800. The van der Waals surface area contributed by atoms with Gasteiger partial charge in [0.1, 0.15) is 0 Å². The van der Waals surface area contributed by atoms with Gasteiger partial charge in [0, 0.05) is 57.8 Å². The summed E-state index contributed by atoms with van der Waals surface area (Å²) >= 11 is 6.13. The molecular weight excluding hydrogens is 635 g/mol. The van der Waals surface area contributed by atoms with Crippen LogP contribution in [0.2, 0.25) is 5.02 Å². The molecule has 4 N–H and O–H groups in total. The van der Waals surface area contributed by atoms with Crippen LogP contribution in [0.15, 0.2) is 41.2 Å². The molecule has 1 atom stereocenters. The van der Waals surface area contributed by atoms with E-state index in [0.717, 1.165) is 43.0 Å². The third-order valence-corrected chi connectivity index (χ3v) is 10.3. The molecule has 3 aliphatic heterocycles. The number of nitrogens with two attached hydrogens (primary N) is 1. The van der Waals surface area contributed by atoms with Crippen molar-refractivity contribution in [1.82, 2.24) is 29.6 Å². The molecule has 2 amide bonds. The van der Waals surface area contributed by atoms with Crippen molar-refractivity contribution in [1.29, 1.82) is 0 Å². The number of piperazine rings is 1. The normalized spacial score (nSPS) is 19.7. The number of likely N-dealkylation sites (tertiary alicyclic amines) is 1. The first-order chi connectivity index (χ1) is 22.5. The lowest BCUT2D eigenvalue weighted by Crippen LogP contribution is -2.55. The van der Waals surface area contributed by atoms with Gasteiger partial charge in [0.2, 0.25) is 11.8 Å². The third kappa shape index (κ3) is 7.31. The zero-order valence-electron chi connectivity index (χ0n) is 26.2. The number of imidazole rings is 1. The summed E-state index contributed by atoms with van der Waals surface area (Å²) < 4.78 is 43.1. The zero-order valence-corrected chi connectivity index (χ0v) is 27.0. The smallest absolute Gasteiger partial charge is 0.397 e. The van der Waals surface area contributed by atoms with Gasteiger partial charge in [-0.3, -0.25) is 19.1 Å². The molecule has 0 aliphatic carbocycles. The lowest BCUT2D eigenvalue weighted by atomic mass is 9.91. The second kappa shape index (κ2) is 13.9. The van der Waals surface area contributed by atoms with E-state index in [1.807, 2.05) is 24.3 Å². The fourth-order valence-electron chi connectivity index (χ4n) is 7.45. The fraction of sp³-hybridized carbons (Fsp3) is 0.545. The Morgan fingerprint density at radius 1 is 0.936 bits per heavy atom. The topological polar surface area (TPSA) is 120 Å². The molecule has 47 heavy (non-hydrogen) atoms. The van der Waals surface area contributed by atoms with Crippen LogP contribution in [0.5, 0.6) is 0 Å². The average molecular weight is 676 g/mol. The summed E-state index contributed by atoms with van der Waals surface area (Å²) in [5.41, 5.74) is 5.63. The molecule has 10 nitrogen and oxygen atoms in total. The molecular formula is C33H41ClF3N7O3. The Morgan fingerprint density at radius 2 is 1.62 bits per heavy atom. The van der Waals surface area contributed by atoms with E-state index in [1.54, 1.807) is 14.4 Å². The van der Waals surface area contributed by atoms with Gasteiger partial charge < -0.3 is 25.8 Å². The van der Waals surface area contributed by atoms with E-state index in [0.29, 0.717) is 58.2 Å². The largest absolute Gasteiger partial charge is 0.418 e. The first kappa shape index (κ1) is 33.4. The SMILES string of the molecule is Nc1c(Cl)cc(C[C@@H](CC(=O)N2CCC(n3c(=O)[nH]c4ccccc43)CC2)C(=O)N2CCN(C3CCNCC3)CC2)cc1C(F)(F)F. The predicted octanol–water partition coefficient (Wildman–Crippen LogP) is 3.89. The molecule has 3 aliphatic rings. The van der Waals surface area contributed by atoms with Crippen molar-refractivity contribution in [2.24, 2.45) is 5.92 Å². The van der Waals surface area contributed by atoms with Gasteiger partial charge in [0.15, 0.2) is 0 Å². The van der Waals surface area contributed by atoms with E-state index in [4.69, 9.17) is 17.3 Å². The Labute approximate surface area is 276 Å². The van der Waals surface area contributed by atoms with Crippen molar-refractivity contribution in [2.75, 3.05) is 58.1 Å². The highest BCUT2D eigenvalue weighted by Crippen LogP contribution is 2.38. The van der Waals surface area contributed by atoms with E-state index in [9.17, 15) is 27.6 Å². The number of carbonyl (C=O) groups excluding carboxylic acids is 2. The number of aromatic nitrogens is 2. The maximum Gasteiger partial charge on any atom is 0.418 e. The molecule has 3 fully saturated rings. The summed E-state index contributed by atoms with van der Waals surface area (Å²) in [6.07, 6.45) is -1.72. The number of fused-ring (bicyclic) bond motifs is 1. The number of hydrogen-bond acceptors (Lipinski definition) is 6. The number of alkyl halides is 3. The van der Waals surface area contributed by atoms with E-state index in [-0.39, 0.29) is 47.0 Å². The van der Waals surface area contributed by atoms with Crippen molar-refractivity contribution < 1.29 is 22.8 Å². The Morgan fingerprint density at radius 3 is 2.30 bits per heavy atom. The Bertz CT molecular complexity index is 1650. The molecule has 3 saturated heterocycles. The van der Waals surface area contributed by atoms with Crippen LogP contribution < -0.4 is 16.7 Å². The van der Waals surface area contributed by atoms with Crippen LogP contribution in [0.1, 0.15) is 49.3 Å². The van der Waals surface area contributed by atoms with Gasteiger partial charge in [0.05, 0.1) is 33.2 Å². The van der Waals surface area contributed by atoms with Crippen molar-refractivity contribution in [3.05, 3.63) is 63.0 Å². The van der Waals surface area contributed by atoms with E-state index >= 15 is 0 Å². The van der Waals surface area contributed by atoms with Crippen molar-refractivity contribution in [2.45, 2.75) is 56.8 Å². The number of carbonyl (C=O) groups is 2. The minimum atomic E-state index is -4.72. The number of nitrogens with one attached hydrogen (secondary N) is 2. The van der Waals surface area contributed by atoms with Gasteiger partial charge >= 0.3 is 11.9 Å². The quantitative estimate of drug-likeness (QED) is 0.327. The number of aromatic amines is 1. The Balaban J connectivity index is 1.16. The van der Waals surface area contributed by atoms with Crippen molar-refractivity contribution in [3.8, 4) is 0 Å². The average Bonchev–Trinajstić information content (AvgIpc) is 3.41. The lowest BCUT2D eigenvalue weighted by molar-refractivity contribution is -0.143. The highest BCUT2D eigenvalue weighted by Gasteiger charge is 2.37. The number of anilines is 1. The first-order valence-electron chi connectivity index (χ1n) is 16.3. The number of para-hydroxylation sites is 2. The summed E-state index contributed by atoms with van der Waals surface area (Å²) in [6.45, 7) is 5.15. The minimum Gasteiger partial charge on any atom is -0.397 e. The molecule has 0 bridgehead atoms. The molecule has 0 saturated carbocycles. The molecule has 1 aromatic heterocycles. The van der Waals surface area contributed by atoms with Gasteiger partial charge in [0.25, 0.3) is 0 Å². The number of benzene rings is 2. The van der Waals surface area contributed by atoms with Gasteiger partial charge in [-0.25, -0.2) is 4.79 Å². The number of piperidine rings is 2. The number of hydrogen-bond donors (Lipinski definition) is 3. The molecule has 6 rings (SSSR count). The van der Waals surface area contributed by atoms with Gasteiger partial charge in [-0.1, -0.05) is 23.7 Å². The first-order valence-corrected chi connectivity index (χ1v) is 16.7. The number of amides is 2. The summed E-state index contributed by atoms with van der Waals surface area (Å²) in [4.78, 5) is 49.2. The summed E-state index contributed by atoms with van der Waals surface area (Å²) in [7, 11) is 0. The lowest BCUT2D eigenvalue weighted by Gasteiger charge is -2.41. The molecule has 14 heteroatoms. The second-order valence-electron chi connectivity index (χ2n) is 12.9. The zero-order chi connectivity index (χ0) is 33.3. The number of nitrogens with zero attached hydrogens (tertiary/aromatic N) is 4. The van der Waals surface area contributed by atoms with Crippen molar-refractivity contribution >= 4 is 40.1 Å². The second-order valence-corrected chi connectivity index (χ2v) is 13.3. The van der Waals surface area contributed by atoms with Crippen LogP contribution >= 0.6 is 11.6 Å². The van der Waals surface area contributed by atoms with E-state index < -0.39 is 23.3 Å². The van der Waals surface area contributed by atoms with E-state index in [1.165, 1.54) is 6.07 Å². The van der Waals surface area contributed by atoms with Crippen LogP contribution in [0.25, 0.3) is 11.0 Å². The standard InChI is InChI=1S/C33H41ClF3N7O3/c34-26-19-21(18-25(30(26)38)33(35,36)37)17-22(31(46)43-15-13-41(14-16-43)23-5-9-39-10-6-23)20-29(45)42-11-7-24(8-12-42)44-28-4-2-1-3-27(28)40-32(44)47/h1-4,18-19,22-24,39H,5-17,20,38H2,(H,40,47)/t22-/m0/s1. The van der Waals surface area contributed by atoms with Crippen LogP contribution in [0, 0.1) is 5.92 Å². The van der Waals surface area contributed by atoms with Gasteiger partial charge in [-0.05, 0) is 75.0 Å². The molecule has 254 valence electrons. The van der Waals surface area contributed by atoms with Crippen LogP contribution in [0.3, 0.4) is 0 Å². The van der Waals surface area contributed by atoms with E-state index in [2.05, 4.69) is 15.2 Å². The van der Waals surface area contributed by atoms with Crippen LogP contribution in [-0.4, -0.2) is 94.5 Å².